The number of nitrogens with zero attached hydrogens (tertiary/aromatic N) is 2. The van der Waals surface area contributed by atoms with E-state index in [-0.39, 0.29) is 6.54 Å². The molecule has 20 heavy (non-hydrogen) atoms. The molecule has 3 rings (SSSR count). The van der Waals surface area contributed by atoms with Crippen molar-refractivity contribution in [2.75, 3.05) is 6.61 Å². The highest BCUT2D eigenvalue weighted by molar-refractivity contribution is 5.88. The largest absolute Gasteiger partial charge is 0.492 e. The maximum atomic E-state index is 5.81. The fourth-order valence-electron chi connectivity index (χ4n) is 2.04. The second-order valence-electron chi connectivity index (χ2n) is 4.37. The molecule has 0 spiro atoms. The van der Waals surface area contributed by atoms with E-state index in [9.17, 15) is 0 Å². The van der Waals surface area contributed by atoms with E-state index in [4.69, 9.17) is 14.9 Å². The van der Waals surface area contributed by atoms with Crippen LogP contribution in [-0.4, -0.2) is 16.8 Å². The van der Waals surface area contributed by atoms with Gasteiger partial charge in [-0.15, -0.1) is 10.2 Å². The van der Waals surface area contributed by atoms with Gasteiger partial charge in [-0.1, -0.05) is 36.4 Å². The van der Waals surface area contributed by atoms with Crippen molar-refractivity contribution >= 4 is 10.8 Å². The smallest absolute Gasteiger partial charge is 0.230 e. The van der Waals surface area contributed by atoms with Gasteiger partial charge in [-0.05, 0) is 11.5 Å². The van der Waals surface area contributed by atoms with Crippen LogP contribution in [0.2, 0.25) is 0 Å². The van der Waals surface area contributed by atoms with Gasteiger partial charge in [-0.3, -0.25) is 0 Å². The number of fused-ring (bicyclic) bond motifs is 1. The predicted molar refractivity (Wildman–Crippen MR) is 75.3 cm³/mol. The van der Waals surface area contributed by atoms with Crippen LogP contribution in [-0.2, 0) is 13.0 Å². The summed E-state index contributed by atoms with van der Waals surface area (Å²) in [6, 6.07) is 14.1. The number of rotatable bonds is 5. The molecular formula is C15H15N3O2. The maximum Gasteiger partial charge on any atom is 0.230 e. The molecule has 2 N–H and O–H groups in total. The van der Waals surface area contributed by atoms with Crippen molar-refractivity contribution in [3.8, 4) is 5.75 Å². The zero-order valence-electron chi connectivity index (χ0n) is 11.0. The van der Waals surface area contributed by atoms with Crippen LogP contribution in [0.3, 0.4) is 0 Å². The van der Waals surface area contributed by atoms with Crippen molar-refractivity contribution in [1.82, 2.24) is 10.2 Å². The summed E-state index contributed by atoms with van der Waals surface area (Å²) in [4.78, 5) is 0. The van der Waals surface area contributed by atoms with Crippen molar-refractivity contribution < 1.29 is 9.15 Å². The van der Waals surface area contributed by atoms with E-state index >= 15 is 0 Å². The first-order valence-corrected chi connectivity index (χ1v) is 6.48. The number of hydrogen-bond acceptors (Lipinski definition) is 5. The highest BCUT2D eigenvalue weighted by atomic mass is 16.5. The van der Waals surface area contributed by atoms with Crippen LogP contribution in [0, 0.1) is 0 Å². The van der Waals surface area contributed by atoms with E-state index in [1.807, 2.05) is 30.3 Å². The summed E-state index contributed by atoms with van der Waals surface area (Å²) < 4.78 is 11.1. The second kappa shape index (κ2) is 5.71. The third kappa shape index (κ3) is 2.62. The molecule has 0 amide bonds. The Bertz CT molecular complexity index is 704. The molecule has 0 aliphatic carbocycles. The second-order valence-corrected chi connectivity index (χ2v) is 4.37. The zero-order chi connectivity index (χ0) is 13.8. The molecule has 0 saturated carbocycles. The molecule has 0 aliphatic heterocycles. The molecule has 5 nitrogen and oxygen atoms in total. The van der Waals surface area contributed by atoms with Gasteiger partial charge in [0.1, 0.15) is 5.75 Å². The van der Waals surface area contributed by atoms with E-state index in [1.165, 1.54) is 0 Å². The number of hydrogen-bond donors (Lipinski definition) is 1. The summed E-state index contributed by atoms with van der Waals surface area (Å²) in [6.45, 7) is 0.747. The molecule has 3 aromatic rings. The maximum absolute atomic E-state index is 5.81. The molecule has 0 radical (unpaired) electrons. The third-order valence-corrected chi connectivity index (χ3v) is 3.01. The van der Waals surface area contributed by atoms with Crippen molar-refractivity contribution in [2.24, 2.45) is 5.73 Å². The van der Waals surface area contributed by atoms with Gasteiger partial charge in [0.15, 0.2) is 0 Å². The summed E-state index contributed by atoms with van der Waals surface area (Å²) in [5.41, 5.74) is 5.42. The number of benzene rings is 2. The molecular weight excluding hydrogens is 254 g/mol. The van der Waals surface area contributed by atoms with E-state index in [0.29, 0.717) is 24.8 Å². The van der Waals surface area contributed by atoms with Crippen LogP contribution < -0.4 is 10.5 Å². The Morgan fingerprint density at radius 1 is 1.00 bits per heavy atom. The lowest BCUT2D eigenvalue weighted by molar-refractivity contribution is 0.307. The Balaban J connectivity index is 1.68. The average molecular weight is 269 g/mol. The Labute approximate surface area is 116 Å². The van der Waals surface area contributed by atoms with Crippen LogP contribution in [0.4, 0.5) is 0 Å². The lowest BCUT2D eigenvalue weighted by Crippen LogP contribution is -2.02. The van der Waals surface area contributed by atoms with E-state index in [2.05, 4.69) is 22.3 Å². The van der Waals surface area contributed by atoms with Gasteiger partial charge in [-0.25, -0.2) is 0 Å². The Kier molecular flexibility index (Phi) is 3.60. The molecule has 0 unspecified atom stereocenters. The standard InChI is InChI=1S/C15H15N3O2/c16-10-15-18-17-14(20-15)8-9-19-13-7-3-5-11-4-1-2-6-12(11)13/h1-7H,8-10,16H2. The number of nitrogens with two attached hydrogens (primary N) is 1. The van der Waals surface area contributed by atoms with Crippen LogP contribution in [0.15, 0.2) is 46.9 Å². The van der Waals surface area contributed by atoms with Gasteiger partial charge >= 0.3 is 0 Å². The Morgan fingerprint density at radius 2 is 1.80 bits per heavy atom. The molecule has 1 aromatic heterocycles. The molecule has 0 atom stereocenters. The van der Waals surface area contributed by atoms with Gasteiger partial charge in [0.25, 0.3) is 0 Å². The predicted octanol–water partition coefficient (Wildman–Crippen LogP) is 2.30. The normalized spacial score (nSPS) is 10.8. The average Bonchev–Trinajstić information content (AvgIpc) is 2.95. The van der Waals surface area contributed by atoms with Crippen LogP contribution in [0.5, 0.6) is 5.75 Å². The highest BCUT2D eigenvalue weighted by Gasteiger charge is 2.06. The molecule has 5 heteroatoms. The molecule has 102 valence electrons. The number of ether oxygens (including phenoxy) is 1. The monoisotopic (exact) mass is 269 g/mol. The van der Waals surface area contributed by atoms with Gasteiger partial charge in [0.05, 0.1) is 19.6 Å². The quantitative estimate of drug-likeness (QED) is 0.769. The fraction of sp³-hybridized carbons (Fsp3) is 0.200. The van der Waals surface area contributed by atoms with Crippen molar-refractivity contribution in [1.29, 1.82) is 0 Å². The first kappa shape index (κ1) is 12.6. The zero-order valence-corrected chi connectivity index (χ0v) is 11.0. The summed E-state index contributed by atoms with van der Waals surface area (Å²) in [5.74, 6) is 1.86. The minimum absolute atomic E-state index is 0.261. The van der Waals surface area contributed by atoms with E-state index in [1.54, 1.807) is 0 Å². The summed E-state index contributed by atoms with van der Waals surface area (Å²) >= 11 is 0. The number of aromatic nitrogens is 2. The van der Waals surface area contributed by atoms with Gasteiger partial charge < -0.3 is 14.9 Å². The summed E-state index contributed by atoms with van der Waals surface area (Å²) in [5, 5.41) is 9.98. The fourth-order valence-corrected chi connectivity index (χ4v) is 2.04. The first-order valence-electron chi connectivity index (χ1n) is 6.48. The molecule has 0 bridgehead atoms. The molecule has 2 aromatic carbocycles. The molecule has 0 saturated heterocycles. The summed E-state index contributed by atoms with van der Waals surface area (Å²) in [7, 11) is 0. The lowest BCUT2D eigenvalue weighted by atomic mass is 10.1. The van der Waals surface area contributed by atoms with Crippen molar-refractivity contribution in [2.45, 2.75) is 13.0 Å². The van der Waals surface area contributed by atoms with Crippen LogP contribution in [0.1, 0.15) is 11.8 Å². The highest BCUT2D eigenvalue weighted by Crippen LogP contribution is 2.25. The Hall–Kier alpha value is -2.40. The minimum atomic E-state index is 0.261. The summed E-state index contributed by atoms with van der Waals surface area (Å²) in [6.07, 6.45) is 0.566. The first-order chi connectivity index (χ1) is 9.86. The van der Waals surface area contributed by atoms with Crippen molar-refractivity contribution in [3.05, 3.63) is 54.2 Å². The third-order valence-electron chi connectivity index (χ3n) is 3.01. The molecule has 0 fully saturated rings. The van der Waals surface area contributed by atoms with Gasteiger partial charge in [0.2, 0.25) is 11.8 Å². The lowest BCUT2D eigenvalue weighted by Gasteiger charge is -2.08. The van der Waals surface area contributed by atoms with Crippen LogP contribution in [0.25, 0.3) is 10.8 Å². The van der Waals surface area contributed by atoms with Crippen molar-refractivity contribution in [3.63, 3.8) is 0 Å². The molecule has 1 heterocycles. The minimum Gasteiger partial charge on any atom is -0.492 e. The van der Waals surface area contributed by atoms with E-state index < -0.39 is 0 Å². The van der Waals surface area contributed by atoms with Gasteiger partial charge in [0, 0.05) is 5.39 Å². The van der Waals surface area contributed by atoms with E-state index in [0.717, 1.165) is 16.5 Å². The Morgan fingerprint density at radius 3 is 2.65 bits per heavy atom. The molecule has 0 aliphatic rings. The SMILES string of the molecule is NCc1nnc(CCOc2cccc3ccccc23)o1. The van der Waals surface area contributed by atoms with Gasteiger partial charge in [-0.2, -0.15) is 0 Å². The topological polar surface area (TPSA) is 74.2 Å². The van der Waals surface area contributed by atoms with Crippen LogP contribution >= 0.6 is 0 Å².